The molecule has 0 aromatic heterocycles. The fourth-order valence-corrected chi connectivity index (χ4v) is 10.4. The first-order valence-corrected chi connectivity index (χ1v) is 33.1. The zero-order valence-corrected chi connectivity index (χ0v) is 49.4. The van der Waals surface area contributed by atoms with Crippen molar-refractivity contribution in [3.63, 3.8) is 0 Å². The van der Waals surface area contributed by atoms with Crippen LogP contribution in [0.2, 0.25) is 0 Å². The molecule has 432 valence electrons. The van der Waals surface area contributed by atoms with E-state index < -0.39 is 12.1 Å². The lowest BCUT2D eigenvalue weighted by Crippen LogP contribution is -2.45. The number of amides is 1. The van der Waals surface area contributed by atoms with Crippen LogP contribution >= 0.6 is 0 Å². The lowest BCUT2D eigenvalue weighted by Gasteiger charge is -2.20. The van der Waals surface area contributed by atoms with Gasteiger partial charge in [-0.15, -0.1) is 0 Å². The largest absolute Gasteiger partial charge is 0.466 e. The van der Waals surface area contributed by atoms with Crippen molar-refractivity contribution in [2.24, 2.45) is 0 Å². The quantitative estimate of drug-likeness (QED) is 0.0320. The molecule has 0 heterocycles. The molecule has 0 aliphatic heterocycles. The molecule has 1 amide bonds. The molecule has 2 atom stereocenters. The highest BCUT2D eigenvalue weighted by atomic mass is 16.5. The number of carbonyl (C=O) groups is 2. The number of unbranched alkanes of at least 4 members (excludes halogenated alkanes) is 49. The molecule has 0 rings (SSSR count). The van der Waals surface area contributed by atoms with Crippen molar-refractivity contribution in [1.29, 1.82) is 0 Å². The highest BCUT2D eigenvalue weighted by Crippen LogP contribution is 2.18. The van der Waals surface area contributed by atoms with Gasteiger partial charge < -0.3 is 20.3 Å². The molecule has 0 aromatic carbocycles. The van der Waals surface area contributed by atoms with Gasteiger partial charge >= 0.3 is 5.97 Å². The van der Waals surface area contributed by atoms with Gasteiger partial charge in [-0.1, -0.05) is 321 Å². The van der Waals surface area contributed by atoms with E-state index in [0.717, 1.165) is 44.9 Å². The summed E-state index contributed by atoms with van der Waals surface area (Å²) in [5.41, 5.74) is 0. The van der Waals surface area contributed by atoms with Gasteiger partial charge in [0.25, 0.3) is 0 Å². The molecule has 6 heteroatoms. The minimum absolute atomic E-state index is 0.0109. The van der Waals surface area contributed by atoms with Crippen molar-refractivity contribution in [1.82, 2.24) is 5.32 Å². The summed E-state index contributed by atoms with van der Waals surface area (Å²) in [5, 5.41) is 23.1. The average Bonchev–Trinajstić information content (AvgIpc) is 3.39. The first kappa shape index (κ1) is 71.3. The van der Waals surface area contributed by atoms with Crippen molar-refractivity contribution in [3.8, 4) is 0 Å². The Hall–Kier alpha value is -1.66. The molecule has 2 unspecified atom stereocenters. The second kappa shape index (κ2) is 62.9. The Morgan fingerprint density at radius 1 is 0.370 bits per heavy atom. The first-order chi connectivity index (χ1) is 36.0. The summed E-state index contributed by atoms with van der Waals surface area (Å²) in [4.78, 5) is 24.5. The monoisotopic (exact) mass is 1030 g/mol. The number of carbonyl (C=O) groups excluding carboxylic acids is 2. The molecule has 0 saturated carbocycles. The molecule has 0 saturated heterocycles. The number of allylic oxidation sites excluding steroid dienone is 3. The third kappa shape index (κ3) is 59.4. The third-order valence-electron chi connectivity index (χ3n) is 15.5. The second-order valence-electron chi connectivity index (χ2n) is 22.8. The van der Waals surface area contributed by atoms with Gasteiger partial charge in [-0.2, -0.15) is 0 Å². The minimum Gasteiger partial charge on any atom is -0.466 e. The fraction of sp³-hybridized carbons (Fsp3) is 0.910. The normalized spacial score (nSPS) is 12.7. The highest BCUT2D eigenvalue weighted by molar-refractivity contribution is 5.76. The minimum atomic E-state index is -0.841. The maximum absolute atomic E-state index is 12.5. The zero-order valence-electron chi connectivity index (χ0n) is 49.4. The van der Waals surface area contributed by atoms with Gasteiger partial charge in [0.1, 0.15) is 0 Å². The lowest BCUT2D eigenvalue weighted by molar-refractivity contribution is -0.143. The fourth-order valence-electron chi connectivity index (χ4n) is 10.4. The van der Waals surface area contributed by atoms with Gasteiger partial charge in [0, 0.05) is 12.8 Å². The number of aliphatic hydroxyl groups is 2. The van der Waals surface area contributed by atoms with Gasteiger partial charge in [-0.25, -0.2) is 0 Å². The van der Waals surface area contributed by atoms with Crippen molar-refractivity contribution in [2.45, 2.75) is 379 Å². The van der Waals surface area contributed by atoms with Crippen LogP contribution < -0.4 is 5.32 Å². The Morgan fingerprint density at radius 3 is 0.973 bits per heavy atom. The first-order valence-electron chi connectivity index (χ1n) is 33.1. The van der Waals surface area contributed by atoms with Crippen LogP contribution in [0, 0.1) is 0 Å². The molecule has 0 aliphatic carbocycles. The van der Waals surface area contributed by atoms with E-state index in [1.165, 1.54) is 295 Å². The summed E-state index contributed by atoms with van der Waals surface area (Å²) in [7, 11) is 0. The Balaban J connectivity index is 3.34. The van der Waals surface area contributed by atoms with Crippen molar-refractivity contribution < 1.29 is 24.5 Å². The summed E-state index contributed by atoms with van der Waals surface area (Å²) in [5.74, 6) is -0.0527. The predicted molar refractivity (Wildman–Crippen MR) is 320 cm³/mol. The van der Waals surface area contributed by atoms with Crippen LogP contribution in [0.25, 0.3) is 0 Å². The smallest absolute Gasteiger partial charge is 0.305 e. The standard InChI is InChI=1S/C67H129NO5/c1-3-5-7-9-11-13-15-17-32-37-41-45-49-53-57-61-67(72)73-62-58-54-50-46-42-38-34-31-29-27-25-23-21-19-18-20-22-24-26-28-30-33-36-40-44-48-52-56-60-66(71)68-64(63-69)65(70)59-55-51-47-43-39-35-16-14-12-10-8-6-4-2/h17,32,55,59,64-65,69-70H,3-16,18-31,33-54,56-58,60-63H2,1-2H3,(H,68,71)/b32-17-,59-55+. The van der Waals surface area contributed by atoms with Crippen LogP contribution in [0.3, 0.4) is 0 Å². The van der Waals surface area contributed by atoms with E-state index in [1.54, 1.807) is 6.08 Å². The van der Waals surface area contributed by atoms with Crippen LogP contribution in [0.5, 0.6) is 0 Å². The Labute approximate surface area is 456 Å². The summed E-state index contributed by atoms with van der Waals surface area (Å²) < 4.78 is 5.49. The maximum atomic E-state index is 12.5. The average molecular weight is 1030 g/mol. The topological polar surface area (TPSA) is 95.9 Å². The summed E-state index contributed by atoms with van der Waals surface area (Å²) in [6, 6.07) is -0.624. The van der Waals surface area contributed by atoms with Crippen LogP contribution in [0.4, 0.5) is 0 Å². The third-order valence-corrected chi connectivity index (χ3v) is 15.5. The van der Waals surface area contributed by atoms with Gasteiger partial charge in [-0.05, 0) is 57.8 Å². The predicted octanol–water partition coefficient (Wildman–Crippen LogP) is 21.0. The molecular weight excluding hydrogens is 899 g/mol. The molecule has 3 N–H and O–H groups in total. The van der Waals surface area contributed by atoms with Crippen LogP contribution in [-0.4, -0.2) is 47.4 Å². The molecule has 0 aromatic rings. The number of nitrogens with one attached hydrogen (secondary N) is 1. The molecule has 0 radical (unpaired) electrons. The summed E-state index contributed by atoms with van der Waals surface area (Å²) >= 11 is 0. The van der Waals surface area contributed by atoms with Crippen LogP contribution in [0.1, 0.15) is 367 Å². The Bertz CT molecular complexity index is 1140. The van der Waals surface area contributed by atoms with E-state index in [0.29, 0.717) is 19.4 Å². The van der Waals surface area contributed by atoms with Crippen molar-refractivity contribution in [3.05, 3.63) is 24.3 Å². The number of rotatable bonds is 62. The molecule has 0 bridgehead atoms. The molecule has 0 spiro atoms. The van der Waals surface area contributed by atoms with Crippen LogP contribution in [0.15, 0.2) is 24.3 Å². The number of hydrogen-bond donors (Lipinski definition) is 3. The summed E-state index contributed by atoms with van der Waals surface area (Å²) in [6.45, 7) is 4.92. The van der Waals surface area contributed by atoms with E-state index >= 15 is 0 Å². The van der Waals surface area contributed by atoms with Gasteiger partial charge in [0.15, 0.2) is 0 Å². The van der Waals surface area contributed by atoms with Crippen LogP contribution in [-0.2, 0) is 14.3 Å². The number of esters is 1. The maximum Gasteiger partial charge on any atom is 0.305 e. The Morgan fingerprint density at radius 2 is 0.644 bits per heavy atom. The Kier molecular flexibility index (Phi) is 61.4. The molecule has 0 aliphatic rings. The van der Waals surface area contributed by atoms with E-state index in [-0.39, 0.29) is 18.5 Å². The number of hydrogen-bond acceptors (Lipinski definition) is 5. The van der Waals surface area contributed by atoms with Crippen molar-refractivity contribution in [2.75, 3.05) is 13.2 Å². The SMILES string of the molecule is CCCCCCCC/C=C\CCCCCCCC(=O)OCCCCCCCCCCCCCCCCCCCCCCCCCCCCCCC(=O)NC(CO)C(O)/C=C/CCCCCCCCCCCCC. The van der Waals surface area contributed by atoms with E-state index in [2.05, 4.69) is 31.3 Å². The van der Waals surface area contributed by atoms with Gasteiger partial charge in [-0.3, -0.25) is 9.59 Å². The van der Waals surface area contributed by atoms with Crippen molar-refractivity contribution >= 4 is 11.9 Å². The van der Waals surface area contributed by atoms with Gasteiger partial charge in [0.2, 0.25) is 5.91 Å². The van der Waals surface area contributed by atoms with E-state index in [1.807, 2.05) is 6.08 Å². The molecular formula is C67H129NO5. The van der Waals surface area contributed by atoms with E-state index in [4.69, 9.17) is 4.74 Å². The summed E-state index contributed by atoms with van der Waals surface area (Å²) in [6.07, 6.45) is 78.2. The molecule has 6 nitrogen and oxygen atoms in total. The number of aliphatic hydroxyl groups excluding tert-OH is 2. The van der Waals surface area contributed by atoms with E-state index in [9.17, 15) is 19.8 Å². The highest BCUT2D eigenvalue weighted by Gasteiger charge is 2.18. The number of ether oxygens (including phenoxy) is 1. The molecule has 73 heavy (non-hydrogen) atoms. The van der Waals surface area contributed by atoms with Gasteiger partial charge in [0.05, 0.1) is 25.4 Å². The molecule has 0 fully saturated rings. The second-order valence-corrected chi connectivity index (χ2v) is 22.8. The lowest BCUT2D eigenvalue weighted by atomic mass is 10.0. The zero-order chi connectivity index (χ0) is 52.9.